The second-order valence-electron chi connectivity index (χ2n) is 15.1. The standard InChI is InChI=1S/C45H50FN7O5/c1-31-25-41(50-51(31)2)43(55)49-38-18-16-37(17-19-38)48-42(54)40-28-36(46)29-47-44(40)58-39-15-7-14-35(27-39)34-13-6-11-32(26-34)12-8-20-52-21-23-53(24-22-52)45(56)57-30-33-9-4-3-5-10-33/h3-7,9-11,13-15,25-29,37-38H,8,12,16-24,30H2,1-2H3,(H,48,54)(H,49,55)/t37-,38-. The maximum Gasteiger partial charge on any atom is 0.410 e. The van der Waals surface area contributed by atoms with Gasteiger partial charge in [-0.15, -0.1) is 0 Å². The van der Waals surface area contributed by atoms with Gasteiger partial charge in [0.05, 0.1) is 6.20 Å². The molecule has 3 aromatic carbocycles. The van der Waals surface area contributed by atoms with Crippen molar-refractivity contribution in [2.45, 2.75) is 64.1 Å². The van der Waals surface area contributed by atoms with Crippen LogP contribution in [-0.2, 0) is 24.8 Å². The van der Waals surface area contributed by atoms with Crippen LogP contribution in [0.2, 0.25) is 0 Å². The summed E-state index contributed by atoms with van der Waals surface area (Å²) >= 11 is 0. The Balaban J connectivity index is 0.883. The molecule has 3 heterocycles. The Morgan fingerprint density at radius 1 is 0.793 bits per heavy atom. The Hall–Kier alpha value is -6.08. The van der Waals surface area contributed by atoms with Gasteiger partial charge in [0.2, 0.25) is 5.88 Å². The zero-order chi connectivity index (χ0) is 40.4. The van der Waals surface area contributed by atoms with Crippen molar-refractivity contribution < 1.29 is 28.2 Å². The monoisotopic (exact) mass is 787 g/mol. The van der Waals surface area contributed by atoms with Crippen molar-refractivity contribution in [3.8, 4) is 22.8 Å². The van der Waals surface area contributed by atoms with Crippen LogP contribution in [0.4, 0.5) is 9.18 Å². The quantitative estimate of drug-likeness (QED) is 0.130. The van der Waals surface area contributed by atoms with E-state index in [1.165, 1.54) is 5.56 Å². The molecule has 2 fully saturated rings. The van der Waals surface area contributed by atoms with Crippen molar-refractivity contribution in [3.63, 3.8) is 0 Å². The van der Waals surface area contributed by atoms with Gasteiger partial charge in [-0.25, -0.2) is 14.2 Å². The molecule has 0 radical (unpaired) electrons. The number of piperazine rings is 1. The zero-order valence-electron chi connectivity index (χ0n) is 33.0. The molecule has 2 aliphatic rings. The summed E-state index contributed by atoms with van der Waals surface area (Å²) in [7, 11) is 1.80. The number of ether oxygens (including phenoxy) is 2. The molecule has 0 atom stereocenters. The van der Waals surface area contributed by atoms with Gasteiger partial charge in [0.25, 0.3) is 11.8 Å². The van der Waals surface area contributed by atoms with Crippen LogP contribution in [0.5, 0.6) is 11.6 Å². The van der Waals surface area contributed by atoms with Crippen LogP contribution in [-0.4, -0.2) is 87.3 Å². The van der Waals surface area contributed by atoms with Crippen LogP contribution in [0.25, 0.3) is 11.1 Å². The van der Waals surface area contributed by atoms with Crippen LogP contribution in [0.3, 0.4) is 0 Å². The summed E-state index contributed by atoms with van der Waals surface area (Å²) in [5.74, 6) is -0.828. The number of aromatic nitrogens is 3. The fourth-order valence-corrected chi connectivity index (χ4v) is 7.48. The maximum atomic E-state index is 14.4. The number of carbonyl (C=O) groups excluding carboxylic acids is 3. The first kappa shape index (κ1) is 40.1. The first-order valence-electron chi connectivity index (χ1n) is 20.0. The minimum atomic E-state index is -0.638. The van der Waals surface area contributed by atoms with E-state index in [1.54, 1.807) is 28.8 Å². The number of hydrogen-bond acceptors (Lipinski definition) is 8. The molecule has 1 saturated carbocycles. The third-order valence-electron chi connectivity index (χ3n) is 10.9. The third kappa shape index (κ3) is 10.6. The Kier molecular flexibility index (Phi) is 13.1. The molecule has 12 nitrogen and oxygen atoms in total. The number of aryl methyl sites for hydroxylation is 3. The fraction of sp³-hybridized carbons (Fsp3) is 0.356. The average Bonchev–Trinajstić information content (AvgIpc) is 3.59. The molecule has 2 N–H and O–H groups in total. The van der Waals surface area contributed by atoms with Crippen molar-refractivity contribution in [2.24, 2.45) is 7.05 Å². The van der Waals surface area contributed by atoms with E-state index in [2.05, 4.69) is 37.7 Å². The molecule has 1 aliphatic heterocycles. The van der Waals surface area contributed by atoms with Gasteiger partial charge < -0.3 is 25.0 Å². The smallest absolute Gasteiger partial charge is 0.410 e. The predicted octanol–water partition coefficient (Wildman–Crippen LogP) is 7.08. The maximum absolute atomic E-state index is 14.4. The van der Waals surface area contributed by atoms with Crippen molar-refractivity contribution in [3.05, 3.63) is 131 Å². The van der Waals surface area contributed by atoms with E-state index in [0.717, 1.165) is 67.1 Å². The molecule has 5 aromatic rings. The summed E-state index contributed by atoms with van der Waals surface area (Å²) in [5, 5.41) is 10.3. The molecule has 7 rings (SSSR count). The lowest BCUT2D eigenvalue weighted by atomic mass is 9.91. The molecule has 0 spiro atoms. The van der Waals surface area contributed by atoms with E-state index in [1.807, 2.05) is 67.6 Å². The Morgan fingerprint density at radius 2 is 1.47 bits per heavy atom. The summed E-state index contributed by atoms with van der Waals surface area (Å²) in [5.41, 5.74) is 5.45. The molecule has 58 heavy (non-hydrogen) atoms. The molecule has 0 unspecified atom stereocenters. The minimum Gasteiger partial charge on any atom is -0.445 e. The van der Waals surface area contributed by atoms with Gasteiger partial charge in [-0.3, -0.25) is 19.2 Å². The van der Waals surface area contributed by atoms with E-state index in [0.29, 0.717) is 50.2 Å². The highest BCUT2D eigenvalue weighted by Crippen LogP contribution is 2.30. The molecule has 302 valence electrons. The number of pyridine rings is 1. The molecular weight excluding hydrogens is 738 g/mol. The number of rotatable bonds is 13. The van der Waals surface area contributed by atoms with Crippen molar-refractivity contribution >= 4 is 17.9 Å². The summed E-state index contributed by atoms with van der Waals surface area (Å²) in [4.78, 5) is 47.0. The van der Waals surface area contributed by atoms with Crippen LogP contribution in [0.1, 0.15) is 69.8 Å². The molecule has 1 aliphatic carbocycles. The van der Waals surface area contributed by atoms with Crippen molar-refractivity contribution in [1.82, 2.24) is 35.2 Å². The Bertz CT molecular complexity index is 2180. The number of amides is 3. The number of halogens is 1. The first-order valence-corrected chi connectivity index (χ1v) is 20.0. The molecule has 13 heteroatoms. The number of benzene rings is 3. The van der Waals surface area contributed by atoms with Gasteiger partial charge in [0, 0.05) is 51.0 Å². The van der Waals surface area contributed by atoms with Gasteiger partial charge in [-0.05, 0) is 98.5 Å². The number of nitrogens with zero attached hydrogens (tertiary/aromatic N) is 5. The highest BCUT2D eigenvalue weighted by Gasteiger charge is 2.27. The predicted molar refractivity (Wildman–Crippen MR) is 218 cm³/mol. The van der Waals surface area contributed by atoms with Gasteiger partial charge >= 0.3 is 6.09 Å². The molecule has 1 saturated heterocycles. The van der Waals surface area contributed by atoms with Gasteiger partial charge in [0.1, 0.15) is 29.4 Å². The van der Waals surface area contributed by atoms with Crippen LogP contribution in [0, 0.1) is 12.7 Å². The molecular formula is C45H50FN7O5. The fourth-order valence-electron chi connectivity index (χ4n) is 7.48. The topological polar surface area (TPSA) is 131 Å². The van der Waals surface area contributed by atoms with Gasteiger partial charge in [-0.1, -0.05) is 66.7 Å². The van der Waals surface area contributed by atoms with Crippen molar-refractivity contribution in [1.29, 1.82) is 0 Å². The third-order valence-corrected chi connectivity index (χ3v) is 10.9. The van der Waals surface area contributed by atoms with Crippen LogP contribution >= 0.6 is 0 Å². The second-order valence-corrected chi connectivity index (χ2v) is 15.1. The molecule has 3 amide bonds. The van der Waals surface area contributed by atoms with E-state index >= 15 is 0 Å². The highest BCUT2D eigenvalue weighted by atomic mass is 19.1. The summed E-state index contributed by atoms with van der Waals surface area (Å²) in [6.45, 7) is 6.04. The normalized spacial score (nSPS) is 17.1. The number of carbonyl (C=O) groups is 3. The average molecular weight is 788 g/mol. The Labute approximate surface area is 338 Å². The van der Waals surface area contributed by atoms with Crippen LogP contribution in [0.15, 0.2) is 97.2 Å². The lowest BCUT2D eigenvalue weighted by Gasteiger charge is -2.34. The van der Waals surface area contributed by atoms with E-state index in [4.69, 9.17) is 9.47 Å². The Morgan fingerprint density at radius 3 is 2.17 bits per heavy atom. The number of hydrogen-bond donors (Lipinski definition) is 2. The van der Waals surface area contributed by atoms with E-state index in [-0.39, 0.29) is 42.1 Å². The SMILES string of the molecule is Cc1cc(C(=O)N[C@H]2CC[C@H](NC(=O)c3cc(F)cnc3Oc3cccc(-c4cccc(CCCN5CCN(C(=O)OCc6ccccc6)CC5)c4)c3)CC2)nn1C. The van der Waals surface area contributed by atoms with Gasteiger partial charge in [-0.2, -0.15) is 5.10 Å². The molecule has 0 bridgehead atoms. The van der Waals surface area contributed by atoms with E-state index < -0.39 is 11.7 Å². The number of nitrogens with one attached hydrogen (secondary N) is 2. The van der Waals surface area contributed by atoms with E-state index in [9.17, 15) is 18.8 Å². The summed E-state index contributed by atoms with van der Waals surface area (Å²) in [6, 6.07) is 28.4. The van der Waals surface area contributed by atoms with Crippen molar-refractivity contribution in [2.75, 3.05) is 32.7 Å². The van der Waals surface area contributed by atoms with Gasteiger partial charge in [0.15, 0.2) is 0 Å². The largest absolute Gasteiger partial charge is 0.445 e. The highest BCUT2D eigenvalue weighted by molar-refractivity contribution is 5.96. The lowest BCUT2D eigenvalue weighted by Crippen LogP contribution is -2.49. The second kappa shape index (κ2) is 18.9. The zero-order valence-corrected chi connectivity index (χ0v) is 33.0. The lowest BCUT2D eigenvalue weighted by molar-refractivity contribution is 0.0714. The summed E-state index contributed by atoms with van der Waals surface area (Å²) in [6.07, 6.45) is 5.35. The first-order chi connectivity index (χ1) is 28.2. The minimum absolute atomic E-state index is 0.0118. The van der Waals surface area contributed by atoms with Crippen LogP contribution < -0.4 is 15.4 Å². The summed E-state index contributed by atoms with van der Waals surface area (Å²) < 4.78 is 27.8. The molecule has 2 aromatic heterocycles.